The van der Waals surface area contributed by atoms with Crippen molar-refractivity contribution in [1.82, 2.24) is 0 Å². The molecular weight excluding hydrogens is 160 g/mol. The summed E-state index contributed by atoms with van der Waals surface area (Å²) in [7, 11) is 0. The molecule has 0 fully saturated rings. The second-order valence-corrected chi connectivity index (χ2v) is 4.44. The summed E-state index contributed by atoms with van der Waals surface area (Å²) in [6, 6.07) is 0. The van der Waals surface area contributed by atoms with Crippen molar-refractivity contribution in [3.63, 3.8) is 0 Å². The van der Waals surface area contributed by atoms with Crippen LogP contribution in [0.25, 0.3) is 0 Å². The fourth-order valence-electron chi connectivity index (χ4n) is 2.12. The number of hydrogen-bond acceptors (Lipinski definition) is 1. The summed E-state index contributed by atoms with van der Waals surface area (Å²) in [4.78, 5) is 0. The van der Waals surface area contributed by atoms with Crippen LogP contribution in [0.2, 0.25) is 0 Å². The molecule has 1 N–H and O–H groups in total. The van der Waals surface area contributed by atoms with E-state index >= 15 is 0 Å². The average molecular weight is 182 g/mol. The highest BCUT2D eigenvalue weighted by Crippen LogP contribution is 2.32. The maximum absolute atomic E-state index is 9.85. The van der Waals surface area contributed by atoms with Crippen molar-refractivity contribution in [2.45, 2.75) is 59.0 Å². The molecule has 0 amide bonds. The molecule has 13 heavy (non-hydrogen) atoms. The molecule has 0 spiro atoms. The number of allylic oxidation sites excluding steroid dienone is 1. The zero-order valence-corrected chi connectivity index (χ0v) is 9.14. The summed E-state index contributed by atoms with van der Waals surface area (Å²) in [5, 5.41) is 9.85. The number of aliphatic hydroxyl groups excluding tert-OH is 1. The second kappa shape index (κ2) is 4.80. The minimum Gasteiger partial charge on any atom is -0.392 e. The van der Waals surface area contributed by atoms with Gasteiger partial charge >= 0.3 is 0 Å². The standard InChI is InChI=1S/C12H22O/c1-4-5-6-11-7-9(2)10(3)8-12(11)13/h11-13H,4-8H2,1-3H3/t11-,12-/m1/s1. The summed E-state index contributed by atoms with van der Waals surface area (Å²) < 4.78 is 0. The molecule has 1 aliphatic rings. The fraction of sp³-hybridized carbons (Fsp3) is 0.833. The smallest absolute Gasteiger partial charge is 0.0608 e. The first kappa shape index (κ1) is 10.8. The Balaban J connectivity index is 2.49. The topological polar surface area (TPSA) is 20.2 Å². The average Bonchev–Trinajstić information content (AvgIpc) is 2.09. The van der Waals surface area contributed by atoms with E-state index in [0.717, 1.165) is 12.8 Å². The Morgan fingerprint density at radius 1 is 1.23 bits per heavy atom. The molecule has 0 heterocycles. The second-order valence-electron chi connectivity index (χ2n) is 4.44. The fourth-order valence-corrected chi connectivity index (χ4v) is 2.12. The van der Waals surface area contributed by atoms with Crippen LogP contribution in [0.3, 0.4) is 0 Å². The molecule has 0 unspecified atom stereocenters. The van der Waals surface area contributed by atoms with Crippen molar-refractivity contribution < 1.29 is 5.11 Å². The Hall–Kier alpha value is -0.300. The van der Waals surface area contributed by atoms with Gasteiger partial charge in [0.15, 0.2) is 0 Å². The van der Waals surface area contributed by atoms with Crippen LogP contribution < -0.4 is 0 Å². The Kier molecular flexibility index (Phi) is 3.98. The van der Waals surface area contributed by atoms with Crippen LogP contribution in [0.4, 0.5) is 0 Å². The molecule has 0 saturated carbocycles. The first-order valence-corrected chi connectivity index (χ1v) is 5.48. The molecule has 1 nitrogen and oxygen atoms in total. The van der Waals surface area contributed by atoms with Gasteiger partial charge in [-0.2, -0.15) is 0 Å². The predicted molar refractivity (Wildman–Crippen MR) is 56.6 cm³/mol. The van der Waals surface area contributed by atoms with E-state index in [1.54, 1.807) is 0 Å². The molecule has 0 radical (unpaired) electrons. The summed E-state index contributed by atoms with van der Waals surface area (Å²) in [6.07, 6.45) is 5.64. The molecule has 0 aromatic carbocycles. The summed E-state index contributed by atoms with van der Waals surface area (Å²) >= 11 is 0. The first-order chi connectivity index (χ1) is 6.15. The highest BCUT2D eigenvalue weighted by atomic mass is 16.3. The van der Waals surface area contributed by atoms with Crippen LogP contribution in [-0.4, -0.2) is 11.2 Å². The normalized spacial score (nSPS) is 29.5. The van der Waals surface area contributed by atoms with Crippen LogP contribution in [-0.2, 0) is 0 Å². The SMILES string of the molecule is CCCC[C@@H]1CC(C)=C(C)C[C@H]1O. The van der Waals surface area contributed by atoms with Crippen molar-refractivity contribution >= 4 is 0 Å². The van der Waals surface area contributed by atoms with Gasteiger partial charge < -0.3 is 5.11 Å². The molecule has 1 rings (SSSR count). The van der Waals surface area contributed by atoms with E-state index in [-0.39, 0.29) is 6.10 Å². The molecule has 76 valence electrons. The first-order valence-electron chi connectivity index (χ1n) is 5.48. The van der Waals surface area contributed by atoms with Gasteiger partial charge in [0.25, 0.3) is 0 Å². The van der Waals surface area contributed by atoms with Gasteiger partial charge in [-0.15, -0.1) is 0 Å². The monoisotopic (exact) mass is 182 g/mol. The molecule has 1 heteroatoms. The predicted octanol–water partition coefficient (Wildman–Crippen LogP) is 3.28. The molecule has 2 atom stereocenters. The molecule has 0 aromatic rings. The van der Waals surface area contributed by atoms with Crippen LogP contribution in [0, 0.1) is 5.92 Å². The van der Waals surface area contributed by atoms with Gasteiger partial charge in [-0.05, 0) is 39.0 Å². The molecule has 1 aliphatic carbocycles. The number of rotatable bonds is 3. The van der Waals surface area contributed by atoms with Crippen molar-refractivity contribution in [2.75, 3.05) is 0 Å². The van der Waals surface area contributed by atoms with E-state index < -0.39 is 0 Å². The third-order valence-electron chi connectivity index (χ3n) is 3.28. The lowest BCUT2D eigenvalue weighted by Crippen LogP contribution is -2.25. The molecule has 0 saturated heterocycles. The van der Waals surface area contributed by atoms with E-state index in [1.807, 2.05) is 0 Å². The highest BCUT2D eigenvalue weighted by Gasteiger charge is 2.24. The van der Waals surface area contributed by atoms with Gasteiger partial charge in [0.1, 0.15) is 0 Å². The zero-order valence-electron chi connectivity index (χ0n) is 9.14. The van der Waals surface area contributed by atoms with Crippen molar-refractivity contribution in [3.8, 4) is 0 Å². The Morgan fingerprint density at radius 2 is 1.85 bits per heavy atom. The van der Waals surface area contributed by atoms with Gasteiger partial charge in [0.2, 0.25) is 0 Å². The van der Waals surface area contributed by atoms with Gasteiger partial charge in [-0.1, -0.05) is 30.9 Å². The lowest BCUT2D eigenvalue weighted by molar-refractivity contribution is 0.0933. The molecular formula is C12H22O. The Morgan fingerprint density at radius 3 is 2.46 bits per heavy atom. The molecule has 0 aliphatic heterocycles. The third-order valence-corrected chi connectivity index (χ3v) is 3.28. The van der Waals surface area contributed by atoms with Crippen molar-refractivity contribution in [2.24, 2.45) is 5.92 Å². The largest absolute Gasteiger partial charge is 0.392 e. The third kappa shape index (κ3) is 2.84. The van der Waals surface area contributed by atoms with Crippen molar-refractivity contribution in [1.29, 1.82) is 0 Å². The maximum Gasteiger partial charge on any atom is 0.0608 e. The van der Waals surface area contributed by atoms with E-state index in [4.69, 9.17) is 0 Å². The van der Waals surface area contributed by atoms with E-state index in [1.165, 1.54) is 30.4 Å². The van der Waals surface area contributed by atoms with Crippen LogP contribution >= 0.6 is 0 Å². The minimum absolute atomic E-state index is 0.0738. The van der Waals surface area contributed by atoms with E-state index in [0.29, 0.717) is 5.92 Å². The minimum atomic E-state index is -0.0738. The van der Waals surface area contributed by atoms with Gasteiger partial charge in [-0.25, -0.2) is 0 Å². The van der Waals surface area contributed by atoms with Gasteiger partial charge in [-0.3, -0.25) is 0 Å². The van der Waals surface area contributed by atoms with E-state index in [2.05, 4.69) is 20.8 Å². The number of aliphatic hydroxyl groups is 1. The maximum atomic E-state index is 9.85. The molecule has 0 bridgehead atoms. The lowest BCUT2D eigenvalue weighted by Gasteiger charge is -2.29. The quantitative estimate of drug-likeness (QED) is 0.664. The van der Waals surface area contributed by atoms with Gasteiger partial charge in [0, 0.05) is 0 Å². The van der Waals surface area contributed by atoms with Gasteiger partial charge in [0.05, 0.1) is 6.10 Å². The highest BCUT2D eigenvalue weighted by molar-refractivity contribution is 5.15. The Labute approximate surface area is 81.9 Å². The number of hydrogen-bond donors (Lipinski definition) is 1. The van der Waals surface area contributed by atoms with E-state index in [9.17, 15) is 5.11 Å². The van der Waals surface area contributed by atoms with Crippen molar-refractivity contribution in [3.05, 3.63) is 11.1 Å². The summed E-state index contributed by atoms with van der Waals surface area (Å²) in [6.45, 7) is 6.57. The van der Waals surface area contributed by atoms with Crippen LogP contribution in [0.5, 0.6) is 0 Å². The zero-order chi connectivity index (χ0) is 9.84. The van der Waals surface area contributed by atoms with Crippen LogP contribution in [0.15, 0.2) is 11.1 Å². The lowest BCUT2D eigenvalue weighted by atomic mass is 9.80. The summed E-state index contributed by atoms with van der Waals surface area (Å²) in [5.41, 5.74) is 2.91. The Bertz CT molecular complexity index is 193. The molecule has 0 aromatic heterocycles. The van der Waals surface area contributed by atoms with Crippen LogP contribution in [0.1, 0.15) is 52.9 Å². The number of unbranched alkanes of at least 4 members (excludes halogenated alkanes) is 1. The summed E-state index contributed by atoms with van der Waals surface area (Å²) in [5.74, 6) is 0.531.